The number of hydrogen-bond donors (Lipinski definition) is 0. The average molecular weight is 885 g/mol. The molecule has 0 fully saturated rings. The molecule has 0 saturated heterocycles. The lowest BCUT2D eigenvalue weighted by Crippen LogP contribution is -2.18. The third-order valence-corrected chi connectivity index (χ3v) is 14.5. The second-order valence-electron chi connectivity index (χ2n) is 18.7. The van der Waals surface area contributed by atoms with E-state index in [1.165, 1.54) is 76.5 Å². The van der Waals surface area contributed by atoms with Gasteiger partial charge in [-0.3, -0.25) is 0 Å². The van der Waals surface area contributed by atoms with Crippen molar-refractivity contribution in [3.63, 3.8) is 0 Å². The quantitative estimate of drug-likeness (QED) is 0.141. The van der Waals surface area contributed by atoms with Crippen LogP contribution in [0.2, 0.25) is 0 Å². The normalized spacial score (nSPS) is 12.0. The molecule has 0 amide bonds. The molecule has 0 aliphatic rings. The summed E-state index contributed by atoms with van der Waals surface area (Å²) in [5.74, 6) is 0. The van der Waals surface area contributed by atoms with E-state index in [9.17, 15) is 0 Å². The van der Waals surface area contributed by atoms with E-state index in [0.29, 0.717) is 0 Å². The van der Waals surface area contributed by atoms with Crippen LogP contribution in [0.3, 0.4) is 0 Å². The van der Waals surface area contributed by atoms with Crippen molar-refractivity contribution in [3.8, 4) is 17.1 Å². The first-order chi connectivity index (χ1) is 33.9. The van der Waals surface area contributed by atoms with Crippen LogP contribution < -0.4 is 4.90 Å². The number of aromatic nitrogens is 3. The predicted octanol–water partition coefficient (Wildman–Crippen LogP) is 17.4. The summed E-state index contributed by atoms with van der Waals surface area (Å²) in [6, 6.07) is 86.5. The van der Waals surface area contributed by atoms with E-state index in [1.807, 2.05) is 6.08 Å². The molecule has 328 valence electrons. The molecule has 0 aliphatic heterocycles. The number of rotatable bonds is 9. The molecule has 13 aromatic rings. The molecule has 0 bridgehead atoms. The summed E-state index contributed by atoms with van der Waals surface area (Å²) in [4.78, 5) is 2.37. The summed E-state index contributed by atoms with van der Waals surface area (Å²) in [7, 11) is 0. The lowest BCUT2D eigenvalue weighted by molar-refractivity contribution is 0.642. The zero-order valence-electron chi connectivity index (χ0n) is 38.6. The van der Waals surface area contributed by atoms with Crippen molar-refractivity contribution in [2.24, 2.45) is 0 Å². The highest BCUT2D eigenvalue weighted by atomic mass is 15.1. The molecule has 0 spiro atoms. The molecule has 13 rings (SSSR count). The fraction of sp³-hybridized carbons (Fsp3) is 0.0462. The van der Waals surface area contributed by atoms with Crippen molar-refractivity contribution < 1.29 is 0 Å². The van der Waals surface area contributed by atoms with Gasteiger partial charge in [-0.15, -0.1) is 0 Å². The van der Waals surface area contributed by atoms with Gasteiger partial charge in [0.25, 0.3) is 0 Å². The van der Waals surface area contributed by atoms with Crippen molar-refractivity contribution in [1.82, 2.24) is 13.7 Å². The Bertz CT molecular complexity index is 3820. The number of para-hydroxylation sites is 5. The summed E-state index contributed by atoms with van der Waals surface area (Å²) in [6.07, 6.45) is 1.90. The van der Waals surface area contributed by atoms with Gasteiger partial charge in [0, 0.05) is 71.9 Å². The first kappa shape index (κ1) is 40.4. The maximum absolute atomic E-state index is 3.96. The van der Waals surface area contributed by atoms with E-state index in [0.717, 1.165) is 39.7 Å². The van der Waals surface area contributed by atoms with Crippen LogP contribution in [0.25, 0.3) is 88.6 Å². The molecule has 10 aromatic carbocycles. The topological polar surface area (TPSA) is 18.0 Å². The fourth-order valence-corrected chi connectivity index (χ4v) is 10.9. The minimum absolute atomic E-state index is 0.189. The van der Waals surface area contributed by atoms with E-state index in [4.69, 9.17) is 0 Å². The molecular formula is C65H48N4. The maximum Gasteiger partial charge on any atom is 0.0541 e. The highest BCUT2D eigenvalue weighted by molar-refractivity contribution is 6.11. The molecular weight excluding hydrogens is 837 g/mol. The van der Waals surface area contributed by atoms with Crippen LogP contribution in [0, 0.1) is 0 Å². The van der Waals surface area contributed by atoms with E-state index in [-0.39, 0.29) is 5.41 Å². The molecule has 0 N–H and O–H groups in total. The molecule has 3 aromatic heterocycles. The SMILES string of the molecule is C=Cc1ccc(C(C)(C)c2ccc3c(c2)c2ccccc2n3-c2ccc(N(c3ccc(-n4c5ccccc5c5ccccc54)cc3)c3ccc(-n4c5ccccc5c5ccccc54)cc3)cc2)cc1. The van der Waals surface area contributed by atoms with Crippen LogP contribution in [-0.2, 0) is 5.41 Å². The van der Waals surface area contributed by atoms with Crippen LogP contribution in [0.15, 0.2) is 243 Å². The van der Waals surface area contributed by atoms with Crippen LogP contribution >= 0.6 is 0 Å². The number of benzene rings is 10. The van der Waals surface area contributed by atoms with Crippen molar-refractivity contribution in [3.05, 3.63) is 260 Å². The predicted molar refractivity (Wildman–Crippen MR) is 293 cm³/mol. The monoisotopic (exact) mass is 884 g/mol. The van der Waals surface area contributed by atoms with Gasteiger partial charge in [0.15, 0.2) is 0 Å². The van der Waals surface area contributed by atoms with E-state index < -0.39 is 0 Å². The molecule has 4 nitrogen and oxygen atoms in total. The third-order valence-electron chi connectivity index (χ3n) is 14.5. The zero-order chi connectivity index (χ0) is 46.2. The highest BCUT2D eigenvalue weighted by Crippen LogP contribution is 2.42. The Morgan fingerprint density at radius 1 is 0.333 bits per heavy atom. The number of anilines is 3. The molecule has 0 saturated carbocycles. The van der Waals surface area contributed by atoms with Gasteiger partial charge in [-0.05, 0) is 132 Å². The number of nitrogens with zero attached hydrogens (tertiary/aromatic N) is 4. The maximum atomic E-state index is 3.96. The minimum Gasteiger partial charge on any atom is -0.310 e. The Balaban J connectivity index is 0.922. The summed E-state index contributed by atoms with van der Waals surface area (Å²) in [5, 5.41) is 7.50. The Hall–Kier alpha value is -8.86. The largest absolute Gasteiger partial charge is 0.310 e. The van der Waals surface area contributed by atoms with Gasteiger partial charge in [-0.25, -0.2) is 0 Å². The van der Waals surface area contributed by atoms with Gasteiger partial charge in [0.1, 0.15) is 0 Å². The van der Waals surface area contributed by atoms with E-state index in [2.05, 4.69) is 276 Å². The zero-order valence-corrected chi connectivity index (χ0v) is 38.6. The molecule has 4 heteroatoms. The van der Waals surface area contributed by atoms with Gasteiger partial charge in [0.2, 0.25) is 0 Å². The van der Waals surface area contributed by atoms with Crippen LogP contribution in [0.1, 0.15) is 30.5 Å². The smallest absolute Gasteiger partial charge is 0.0541 e. The molecule has 3 heterocycles. The van der Waals surface area contributed by atoms with Crippen LogP contribution in [0.5, 0.6) is 0 Å². The van der Waals surface area contributed by atoms with Gasteiger partial charge in [-0.1, -0.05) is 148 Å². The molecule has 0 radical (unpaired) electrons. The van der Waals surface area contributed by atoms with Crippen LogP contribution in [0.4, 0.5) is 17.1 Å². The van der Waals surface area contributed by atoms with E-state index in [1.54, 1.807) is 0 Å². The van der Waals surface area contributed by atoms with Crippen molar-refractivity contribution in [2.45, 2.75) is 19.3 Å². The Morgan fingerprint density at radius 2 is 0.638 bits per heavy atom. The Kier molecular flexibility index (Phi) is 9.31. The van der Waals surface area contributed by atoms with Crippen molar-refractivity contribution in [1.29, 1.82) is 0 Å². The van der Waals surface area contributed by atoms with Crippen molar-refractivity contribution in [2.75, 3.05) is 4.90 Å². The third kappa shape index (κ3) is 6.44. The summed E-state index contributed by atoms with van der Waals surface area (Å²) in [6.45, 7) is 8.59. The standard InChI is InChI=1S/C65H48N4/c1-4-44-25-27-45(28-26-44)65(2,3)46-29-42-64-58(43-46)57-19-9-14-24-63(57)69(64)52-40-34-49(35-41-52)66(47-30-36-50(37-31-47)67-59-20-10-5-15-53(59)54-16-6-11-21-60(54)67)48-32-38-51(39-33-48)68-61-22-12-7-17-55(61)56-18-8-13-23-62(56)68/h4-43H,1H2,2-3H3. The van der Waals surface area contributed by atoms with Crippen molar-refractivity contribution >= 4 is 88.6 Å². The minimum atomic E-state index is -0.189. The Morgan fingerprint density at radius 3 is 0.986 bits per heavy atom. The summed E-state index contributed by atoms with van der Waals surface area (Å²) in [5.41, 5.74) is 17.2. The summed E-state index contributed by atoms with van der Waals surface area (Å²) < 4.78 is 7.17. The van der Waals surface area contributed by atoms with Gasteiger partial charge >= 0.3 is 0 Å². The lowest BCUT2D eigenvalue weighted by Gasteiger charge is -2.27. The fourth-order valence-electron chi connectivity index (χ4n) is 10.9. The van der Waals surface area contributed by atoms with E-state index >= 15 is 0 Å². The number of hydrogen-bond acceptors (Lipinski definition) is 1. The van der Waals surface area contributed by atoms with Gasteiger partial charge in [0.05, 0.1) is 33.1 Å². The molecule has 0 unspecified atom stereocenters. The van der Waals surface area contributed by atoms with Gasteiger partial charge < -0.3 is 18.6 Å². The average Bonchev–Trinajstić information content (AvgIpc) is 4.05. The number of fused-ring (bicyclic) bond motifs is 9. The first-order valence-electron chi connectivity index (χ1n) is 23.8. The molecule has 69 heavy (non-hydrogen) atoms. The highest BCUT2D eigenvalue weighted by Gasteiger charge is 2.25. The molecule has 0 atom stereocenters. The second-order valence-corrected chi connectivity index (χ2v) is 18.7. The lowest BCUT2D eigenvalue weighted by atomic mass is 9.77. The van der Waals surface area contributed by atoms with Gasteiger partial charge in [-0.2, -0.15) is 0 Å². The molecule has 0 aliphatic carbocycles. The summed E-state index contributed by atoms with van der Waals surface area (Å²) >= 11 is 0. The second kappa shape index (κ2) is 15.9. The van der Waals surface area contributed by atoms with Crippen LogP contribution in [-0.4, -0.2) is 13.7 Å². The Labute approximate surface area is 401 Å². The first-order valence-corrected chi connectivity index (χ1v) is 23.8.